The highest BCUT2D eigenvalue weighted by molar-refractivity contribution is 5.65. The molecule has 48 heavy (non-hydrogen) atoms. The van der Waals surface area contributed by atoms with E-state index in [0.717, 1.165) is 50.4 Å². The summed E-state index contributed by atoms with van der Waals surface area (Å²) in [4.78, 5) is 10.6. The number of aliphatic carboxylic acids is 1. The second-order valence-corrected chi connectivity index (χ2v) is 12.3. The summed E-state index contributed by atoms with van der Waals surface area (Å²) in [5.74, 6) is 0.410. The minimum atomic E-state index is -1.21. The fraction of sp³-hybridized carbons (Fsp3) is 0.972. The number of ether oxygens (including phenoxy) is 2. The number of hydrogen-bond donors (Lipinski definition) is 5. The van der Waals surface area contributed by atoms with Crippen molar-refractivity contribution in [1.29, 1.82) is 0 Å². The zero-order chi connectivity index (χ0) is 34.3. The molecule has 0 aliphatic rings. The monoisotopic (exact) mass is 707 g/mol. The Labute approximate surface area is 297 Å². The van der Waals surface area contributed by atoms with Gasteiger partial charge in [0.15, 0.2) is 0 Å². The molecule has 0 saturated heterocycles. The molecule has 0 aromatic carbocycles. The minimum absolute atomic E-state index is 0. The highest BCUT2D eigenvalue weighted by Crippen LogP contribution is 2.16. The lowest BCUT2D eigenvalue weighted by Crippen LogP contribution is -2.31. The zero-order valence-electron chi connectivity index (χ0n) is 34.1. The molecule has 12 nitrogen and oxygen atoms in total. The van der Waals surface area contributed by atoms with Crippen LogP contribution in [0.15, 0.2) is 0 Å². The van der Waals surface area contributed by atoms with Gasteiger partial charge in [0, 0.05) is 0 Å². The Morgan fingerprint density at radius 3 is 1.15 bits per heavy atom. The number of carbonyl (C=O) groups is 1. The summed E-state index contributed by atoms with van der Waals surface area (Å²) in [6, 6.07) is 0. The van der Waals surface area contributed by atoms with E-state index in [9.17, 15) is 15.0 Å². The van der Waals surface area contributed by atoms with Crippen LogP contribution < -0.4 is 45.0 Å². The van der Waals surface area contributed by atoms with E-state index in [4.69, 9.17) is 24.8 Å². The predicted octanol–water partition coefficient (Wildman–Crippen LogP) is 6.44. The molecule has 0 heterocycles. The third kappa shape index (κ3) is 75.4. The molecule has 0 rings (SSSR count). The largest absolute Gasteiger partial charge is 0.855 e. The predicted molar refractivity (Wildman–Crippen MR) is 200 cm³/mol. The lowest BCUT2D eigenvalue weighted by Gasteiger charge is -2.20. The Kier molecular flexibility index (Phi) is 79.5. The molecule has 12 heteroatoms. The molecule has 0 saturated carbocycles. The van der Waals surface area contributed by atoms with Gasteiger partial charge in [0.2, 0.25) is 0 Å². The maximum Gasteiger partial charge on any atom is 0.0862 e. The van der Waals surface area contributed by atoms with Gasteiger partial charge >= 0.3 is 0 Å². The summed E-state index contributed by atoms with van der Waals surface area (Å²) in [7, 11) is 0. The van der Waals surface area contributed by atoms with Crippen molar-refractivity contribution in [3.63, 3.8) is 0 Å². The number of aliphatic hydroxyl groups is 1. The van der Waals surface area contributed by atoms with Gasteiger partial charge in [-0.15, -0.1) is 19.8 Å². The molecule has 0 aromatic rings. The first-order valence-electron chi connectivity index (χ1n) is 17.9. The van der Waals surface area contributed by atoms with Crippen molar-refractivity contribution in [3.8, 4) is 0 Å². The van der Waals surface area contributed by atoms with Crippen molar-refractivity contribution in [2.75, 3.05) is 39.6 Å². The minimum Gasteiger partial charge on any atom is -0.855 e. The van der Waals surface area contributed by atoms with E-state index in [2.05, 4.69) is 27.7 Å². The van der Waals surface area contributed by atoms with E-state index in [1.807, 2.05) is 0 Å². The highest BCUT2D eigenvalue weighted by atomic mass is 16.5. The third-order valence-electron chi connectivity index (χ3n) is 6.67. The third-order valence-corrected chi connectivity index (χ3v) is 6.67. The standard InChI is InChI=1S/C30H60O5.3C2H5O.4H3N/c1-26(2)19-15-11-7-5-9-13-17-21-28(31)23-35-29(24-34-25-30(32)33)22-18-14-10-6-8-12-16-20-27(3)4;3*1-2-3;;;;/h26-29,31H,5-25H2,1-4H3,(H,32,33);3*2H2,1H3;4*1H3/q;3*-1;;;;/p+3. The molecule has 0 amide bonds. The van der Waals surface area contributed by atoms with Crippen molar-refractivity contribution in [3.05, 3.63) is 0 Å². The maximum absolute atomic E-state index is 10.6. The quantitative estimate of drug-likeness (QED) is 0.0591. The van der Waals surface area contributed by atoms with Crippen LogP contribution in [0.4, 0.5) is 0 Å². The zero-order valence-corrected chi connectivity index (χ0v) is 34.1. The molecule has 0 spiro atoms. The summed E-state index contributed by atoms with van der Waals surface area (Å²) in [6.07, 6.45) is 21.1. The molecule has 0 aromatic heterocycles. The number of carbonyl (C=O) groups excluding carboxylic acids is 1. The van der Waals surface area contributed by atoms with Crippen molar-refractivity contribution in [1.82, 2.24) is 24.6 Å². The molecule has 17 N–H and O–H groups in total. The Hall–Kier alpha value is -0.930. The number of hydrogen-bond acceptors (Lipinski definition) is 8. The normalized spacial score (nSPS) is 11.0. The number of unbranched alkanes of at least 4 members (excludes halogenated alkanes) is 12. The van der Waals surface area contributed by atoms with Gasteiger partial charge in [-0.1, -0.05) is 151 Å². The molecule has 0 radical (unpaired) electrons. The molecule has 2 atom stereocenters. The lowest BCUT2D eigenvalue weighted by molar-refractivity contribution is -0.362. The van der Waals surface area contributed by atoms with Crippen LogP contribution in [0, 0.1) is 11.8 Å². The van der Waals surface area contributed by atoms with E-state index in [1.165, 1.54) is 77.0 Å². The topological polar surface area (TPSA) is 294 Å². The van der Waals surface area contributed by atoms with Crippen LogP contribution in [0.1, 0.15) is 164 Å². The van der Waals surface area contributed by atoms with E-state index in [1.54, 1.807) is 20.8 Å². The summed E-state index contributed by atoms with van der Waals surface area (Å²) in [5, 5.41) is 47.8. The molecular weight excluding hydrogens is 616 g/mol. The van der Waals surface area contributed by atoms with Crippen LogP contribution >= 0.6 is 0 Å². The number of rotatable bonds is 27. The fourth-order valence-corrected chi connectivity index (χ4v) is 4.44. The van der Waals surface area contributed by atoms with Crippen LogP contribution in [-0.2, 0) is 14.3 Å². The molecule has 0 fully saturated rings. The Balaban J connectivity index is -0.000000183. The average molecular weight is 707 g/mol. The molecule has 0 bridgehead atoms. The van der Waals surface area contributed by atoms with Crippen LogP contribution in [0.25, 0.3) is 0 Å². The van der Waals surface area contributed by atoms with Crippen molar-refractivity contribution < 1.29 is 39.8 Å². The summed E-state index contributed by atoms with van der Waals surface area (Å²) in [5.41, 5.74) is 0. The number of carboxylic acids is 1. The molecule has 0 aliphatic carbocycles. The second kappa shape index (κ2) is 58.3. The summed E-state index contributed by atoms with van der Waals surface area (Å²) >= 11 is 0. The van der Waals surface area contributed by atoms with Crippen molar-refractivity contribution in [2.45, 2.75) is 176 Å². The van der Waals surface area contributed by atoms with Crippen molar-refractivity contribution in [2.24, 2.45) is 11.8 Å². The second-order valence-electron chi connectivity index (χ2n) is 12.3. The van der Waals surface area contributed by atoms with E-state index in [-0.39, 0.29) is 57.1 Å². The smallest absolute Gasteiger partial charge is 0.0862 e. The van der Waals surface area contributed by atoms with Gasteiger partial charge in [-0.3, -0.25) is 0 Å². The van der Waals surface area contributed by atoms with Gasteiger partial charge in [0.1, 0.15) is 0 Å². The van der Waals surface area contributed by atoms with Crippen LogP contribution in [0.5, 0.6) is 0 Å². The number of aliphatic hydroxyl groups excluding tert-OH is 1. The Morgan fingerprint density at radius 2 is 0.833 bits per heavy atom. The van der Waals surface area contributed by atoms with Gasteiger partial charge in [-0.25, -0.2) is 0 Å². The first-order chi connectivity index (χ1) is 21.1. The first-order valence-corrected chi connectivity index (χ1v) is 17.9. The van der Waals surface area contributed by atoms with Gasteiger partial charge in [0.05, 0.1) is 38.0 Å². The van der Waals surface area contributed by atoms with Gasteiger partial charge in [-0.05, 0) is 24.7 Å². The lowest BCUT2D eigenvalue weighted by atomic mass is 10.0. The summed E-state index contributed by atoms with van der Waals surface area (Å²) in [6.45, 7) is 14.0. The Morgan fingerprint density at radius 1 is 0.542 bits per heavy atom. The summed E-state index contributed by atoms with van der Waals surface area (Å²) < 4.78 is 11.2. The van der Waals surface area contributed by atoms with Gasteiger partial charge in [0.25, 0.3) is 0 Å². The molecule has 0 aliphatic heterocycles. The number of quaternary nitrogens is 4. The van der Waals surface area contributed by atoms with Crippen molar-refractivity contribution >= 4 is 5.97 Å². The van der Waals surface area contributed by atoms with E-state index < -0.39 is 18.7 Å². The molecule has 2 unspecified atom stereocenters. The van der Waals surface area contributed by atoms with Crippen LogP contribution in [-0.4, -0.2) is 62.9 Å². The van der Waals surface area contributed by atoms with Crippen LogP contribution in [0.2, 0.25) is 0 Å². The first kappa shape index (κ1) is 65.4. The SMILES string of the molecule is CC(C)CCCCCCCCCC(O)COC(CCCCCCCCCC(C)C)COCC(=O)[O-].CC[O-].CC[O-].CC[O-].[NH4+].[NH4+].[NH4+].[NH4+]. The van der Waals surface area contributed by atoms with E-state index in [0.29, 0.717) is 6.61 Å². The van der Waals surface area contributed by atoms with E-state index >= 15 is 0 Å². The van der Waals surface area contributed by atoms with Gasteiger partial charge < -0.3 is 64.4 Å². The molecular formula is C36H90N4O8. The van der Waals surface area contributed by atoms with Crippen LogP contribution in [0.3, 0.4) is 0 Å². The highest BCUT2D eigenvalue weighted by Gasteiger charge is 2.13. The molecule has 302 valence electrons. The maximum atomic E-state index is 10.6. The van der Waals surface area contributed by atoms with Gasteiger partial charge in [-0.2, -0.15) is 0 Å². The fourth-order valence-electron chi connectivity index (χ4n) is 4.44. The average Bonchev–Trinajstić information content (AvgIpc) is 2.94. The number of carboxylic acid groups (broad SMARTS) is 1. The Bertz CT molecular complexity index is 518.